The molecule has 0 fully saturated rings. The Balaban J connectivity index is 1.39. The fourth-order valence-corrected chi connectivity index (χ4v) is 2.78. The molecule has 2 amide bonds. The van der Waals surface area contributed by atoms with Gasteiger partial charge in [0.1, 0.15) is 12.4 Å². The lowest BCUT2D eigenvalue weighted by atomic mass is 10.0. The van der Waals surface area contributed by atoms with Crippen LogP contribution in [0.1, 0.15) is 15.9 Å². The zero-order chi connectivity index (χ0) is 22.1. The number of hydrogen-bond donors (Lipinski definition) is 2. The molecule has 0 atom stereocenters. The number of carbonyl (C=O) groups excluding carboxylic acids is 3. The van der Waals surface area contributed by atoms with E-state index in [2.05, 4.69) is 10.6 Å². The molecule has 3 aromatic rings. The topological polar surface area (TPSA) is 84.5 Å². The van der Waals surface area contributed by atoms with Crippen molar-refractivity contribution in [2.45, 2.75) is 6.54 Å². The SMILES string of the molecule is O=C(COC(=O)CNC(=O)c1ccc(-c2ccccc2)cc1)NCc1ccccc1F. The smallest absolute Gasteiger partial charge is 0.325 e. The molecule has 0 aliphatic carbocycles. The molecule has 2 N–H and O–H groups in total. The highest BCUT2D eigenvalue weighted by molar-refractivity contribution is 5.96. The monoisotopic (exact) mass is 420 g/mol. The van der Waals surface area contributed by atoms with Crippen molar-refractivity contribution in [3.05, 3.63) is 95.8 Å². The molecule has 3 rings (SSSR count). The Labute approximate surface area is 179 Å². The second kappa shape index (κ2) is 10.7. The minimum atomic E-state index is -0.754. The van der Waals surface area contributed by atoms with Crippen LogP contribution in [0.2, 0.25) is 0 Å². The second-order valence-corrected chi connectivity index (χ2v) is 6.65. The predicted octanol–water partition coefficient (Wildman–Crippen LogP) is 3.08. The molecule has 0 saturated heterocycles. The van der Waals surface area contributed by atoms with Gasteiger partial charge in [-0.15, -0.1) is 0 Å². The number of ether oxygens (including phenoxy) is 1. The van der Waals surface area contributed by atoms with E-state index < -0.39 is 30.2 Å². The Bertz CT molecular complexity index is 1050. The van der Waals surface area contributed by atoms with E-state index in [0.717, 1.165) is 11.1 Å². The summed E-state index contributed by atoms with van der Waals surface area (Å²) in [6.45, 7) is -0.909. The molecule has 0 unspecified atom stereocenters. The molecular weight excluding hydrogens is 399 g/mol. The van der Waals surface area contributed by atoms with E-state index in [4.69, 9.17) is 4.74 Å². The van der Waals surface area contributed by atoms with E-state index >= 15 is 0 Å². The first kappa shape index (κ1) is 21.7. The molecule has 0 aliphatic rings. The fourth-order valence-electron chi connectivity index (χ4n) is 2.78. The summed E-state index contributed by atoms with van der Waals surface area (Å²) in [7, 11) is 0. The molecule has 0 aliphatic heterocycles. The van der Waals surface area contributed by atoms with Crippen LogP contribution in [0.3, 0.4) is 0 Å². The van der Waals surface area contributed by atoms with Gasteiger partial charge >= 0.3 is 5.97 Å². The average Bonchev–Trinajstić information content (AvgIpc) is 2.81. The summed E-state index contributed by atoms with van der Waals surface area (Å²) >= 11 is 0. The minimum absolute atomic E-state index is 0.0151. The van der Waals surface area contributed by atoms with Crippen molar-refractivity contribution >= 4 is 17.8 Å². The van der Waals surface area contributed by atoms with E-state index in [1.54, 1.807) is 30.3 Å². The van der Waals surface area contributed by atoms with Gasteiger partial charge < -0.3 is 15.4 Å². The molecule has 0 bridgehead atoms. The van der Waals surface area contributed by atoms with Crippen molar-refractivity contribution in [2.75, 3.05) is 13.2 Å². The van der Waals surface area contributed by atoms with Crippen molar-refractivity contribution in [2.24, 2.45) is 0 Å². The zero-order valence-electron chi connectivity index (χ0n) is 16.6. The van der Waals surface area contributed by atoms with E-state index in [0.29, 0.717) is 11.1 Å². The maximum absolute atomic E-state index is 13.5. The highest BCUT2D eigenvalue weighted by Gasteiger charge is 2.11. The molecule has 0 radical (unpaired) electrons. The summed E-state index contributed by atoms with van der Waals surface area (Å²) in [5.74, 6) is -2.19. The van der Waals surface area contributed by atoms with Crippen molar-refractivity contribution in [3.63, 3.8) is 0 Å². The maximum Gasteiger partial charge on any atom is 0.325 e. The third-order valence-electron chi connectivity index (χ3n) is 4.45. The minimum Gasteiger partial charge on any atom is -0.454 e. The van der Waals surface area contributed by atoms with E-state index in [9.17, 15) is 18.8 Å². The Morgan fingerprint density at radius 1 is 0.774 bits per heavy atom. The van der Waals surface area contributed by atoms with E-state index in [1.165, 1.54) is 6.07 Å². The normalized spacial score (nSPS) is 10.2. The van der Waals surface area contributed by atoms with Crippen molar-refractivity contribution in [3.8, 4) is 11.1 Å². The highest BCUT2D eigenvalue weighted by Crippen LogP contribution is 2.19. The van der Waals surface area contributed by atoms with Crippen molar-refractivity contribution in [1.29, 1.82) is 0 Å². The standard InChI is InChI=1S/C24H21FN2O4/c25-21-9-5-4-8-20(21)14-26-22(28)16-31-23(29)15-27-24(30)19-12-10-18(11-13-19)17-6-2-1-3-7-17/h1-13H,14-16H2,(H,26,28)(H,27,30). The Morgan fingerprint density at radius 2 is 1.42 bits per heavy atom. The molecule has 0 saturated carbocycles. The number of nitrogens with one attached hydrogen (secondary N) is 2. The van der Waals surface area contributed by atoms with Gasteiger partial charge in [-0.3, -0.25) is 14.4 Å². The average molecular weight is 420 g/mol. The van der Waals surface area contributed by atoms with Crippen molar-refractivity contribution < 1.29 is 23.5 Å². The van der Waals surface area contributed by atoms with Crippen molar-refractivity contribution in [1.82, 2.24) is 10.6 Å². The third kappa shape index (κ3) is 6.50. The van der Waals surface area contributed by atoms with Crippen LogP contribution < -0.4 is 10.6 Å². The summed E-state index contributed by atoms with van der Waals surface area (Å²) < 4.78 is 18.3. The van der Waals surface area contributed by atoms with Gasteiger partial charge in [0, 0.05) is 17.7 Å². The van der Waals surface area contributed by atoms with Crippen LogP contribution in [-0.4, -0.2) is 30.9 Å². The number of rotatable bonds is 8. The molecule has 3 aromatic carbocycles. The van der Waals surface area contributed by atoms with Crippen LogP contribution >= 0.6 is 0 Å². The van der Waals surface area contributed by atoms with Gasteiger partial charge in [0.25, 0.3) is 11.8 Å². The molecule has 6 nitrogen and oxygen atoms in total. The Kier molecular flexibility index (Phi) is 7.48. The van der Waals surface area contributed by atoms with Gasteiger partial charge in [-0.05, 0) is 29.3 Å². The van der Waals surface area contributed by atoms with Crippen LogP contribution in [0.5, 0.6) is 0 Å². The number of benzene rings is 3. The highest BCUT2D eigenvalue weighted by atomic mass is 19.1. The van der Waals surface area contributed by atoms with Crippen LogP contribution in [0.4, 0.5) is 4.39 Å². The summed E-state index contributed by atoms with van der Waals surface area (Å²) in [5, 5.41) is 4.91. The molecular formula is C24H21FN2O4. The number of carbonyl (C=O) groups is 3. The molecule has 158 valence electrons. The molecule has 0 spiro atoms. The fraction of sp³-hybridized carbons (Fsp3) is 0.125. The molecule has 7 heteroatoms. The second-order valence-electron chi connectivity index (χ2n) is 6.65. The van der Waals surface area contributed by atoms with Crippen LogP contribution in [-0.2, 0) is 20.9 Å². The summed E-state index contributed by atoms with van der Waals surface area (Å²) in [6.07, 6.45) is 0. The quantitative estimate of drug-likeness (QED) is 0.549. The van der Waals surface area contributed by atoms with Gasteiger partial charge in [-0.25, -0.2) is 4.39 Å². The number of hydrogen-bond acceptors (Lipinski definition) is 4. The first-order chi connectivity index (χ1) is 15.0. The lowest BCUT2D eigenvalue weighted by Gasteiger charge is -2.08. The van der Waals surface area contributed by atoms with E-state index in [-0.39, 0.29) is 13.1 Å². The van der Waals surface area contributed by atoms with Crippen LogP contribution in [0, 0.1) is 5.82 Å². The zero-order valence-corrected chi connectivity index (χ0v) is 16.6. The summed E-state index contributed by atoms with van der Waals surface area (Å²) in [4.78, 5) is 35.7. The number of esters is 1. The molecule has 0 aromatic heterocycles. The van der Waals surface area contributed by atoms with Gasteiger partial charge in [0.2, 0.25) is 0 Å². The van der Waals surface area contributed by atoms with Gasteiger partial charge in [-0.2, -0.15) is 0 Å². The van der Waals surface area contributed by atoms with Gasteiger partial charge in [0.05, 0.1) is 0 Å². The molecule has 0 heterocycles. The van der Waals surface area contributed by atoms with E-state index in [1.807, 2.05) is 42.5 Å². The Hall–Kier alpha value is -4.00. The molecule has 31 heavy (non-hydrogen) atoms. The van der Waals surface area contributed by atoms with Crippen LogP contribution in [0.15, 0.2) is 78.9 Å². The van der Waals surface area contributed by atoms with Crippen LogP contribution in [0.25, 0.3) is 11.1 Å². The Morgan fingerprint density at radius 3 is 2.13 bits per heavy atom. The number of amides is 2. The first-order valence-electron chi connectivity index (χ1n) is 9.62. The first-order valence-corrected chi connectivity index (χ1v) is 9.62. The number of halogens is 1. The maximum atomic E-state index is 13.5. The summed E-state index contributed by atoms with van der Waals surface area (Å²) in [5.41, 5.74) is 2.73. The predicted molar refractivity (Wildman–Crippen MR) is 113 cm³/mol. The van der Waals surface area contributed by atoms with Gasteiger partial charge in [-0.1, -0.05) is 60.7 Å². The largest absolute Gasteiger partial charge is 0.454 e. The third-order valence-corrected chi connectivity index (χ3v) is 4.45. The lowest BCUT2D eigenvalue weighted by molar-refractivity contribution is -0.147. The van der Waals surface area contributed by atoms with Gasteiger partial charge in [0.15, 0.2) is 6.61 Å². The lowest BCUT2D eigenvalue weighted by Crippen LogP contribution is -2.33. The summed E-state index contributed by atoms with van der Waals surface area (Å²) in [6, 6.07) is 22.7.